The van der Waals surface area contributed by atoms with Gasteiger partial charge in [0.1, 0.15) is 5.75 Å². The predicted octanol–water partition coefficient (Wildman–Crippen LogP) is 5.48. The number of anilines is 1. The van der Waals surface area contributed by atoms with E-state index in [1.165, 1.54) is 24.4 Å². The van der Waals surface area contributed by atoms with Crippen LogP contribution in [0.1, 0.15) is 42.5 Å². The average Bonchev–Trinajstić information content (AvgIpc) is 3.26. The summed E-state index contributed by atoms with van der Waals surface area (Å²) in [6.45, 7) is 6.02. The quantitative estimate of drug-likeness (QED) is 0.517. The van der Waals surface area contributed by atoms with Crippen LogP contribution in [0.2, 0.25) is 0 Å². The molecule has 0 saturated carbocycles. The van der Waals surface area contributed by atoms with Crippen molar-refractivity contribution in [2.24, 2.45) is 4.99 Å². The minimum Gasteiger partial charge on any atom is -0.497 e. The Kier molecular flexibility index (Phi) is 7.31. The van der Waals surface area contributed by atoms with Crippen LogP contribution in [0.3, 0.4) is 0 Å². The number of methoxy groups -OCH3 is 2. The van der Waals surface area contributed by atoms with Crippen LogP contribution in [0.15, 0.2) is 69.8 Å². The molecule has 0 radical (unpaired) electrons. The van der Waals surface area contributed by atoms with Gasteiger partial charge in [-0.05, 0) is 66.6 Å². The van der Waals surface area contributed by atoms with Gasteiger partial charge >= 0.3 is 5.97 Å². The third-order valence-corrected chi connectivity index (χ3v) is 7.06. The number of rotatable bonds is 7. The highest BCUT2D eigenvalue weighted by atomic mass is 32.2. The molecular formula is C27H29N3O4S. The van der Waals surface area contributed by atoms with Crippen molar-refractivity contribution in [3.8, 4) is 5.75 Å². The molecule has 8 heteroatoms. The fraction of sp³-hybridized carbons (Fsp3) is 0.296. The number of esters is 1. The summed E-state index contributed by atoms with van der Waals surface area (Å²) in [5.41, 5.74) is 5.80. The van der Waals surface area contributed by atoms with Crippen LogP contribution in [0.25, 0.3) is 0 Å². The monoisotopic (exact) mass is 491 g/mol. The lowest BCUT2D eigenvalue weighted by atomic mass is 9.92. The summed E-state index contributed by atoms with van der Waals surface area (Å²) in [6, 6.07) is 13.0. The van der Waals surface area contributed by atoms with E-state index in [1.54, 1.807) is 7.11 Å². The van der Waals surface area contributed by atoms with Crippen molar-refractivity contribution in [2.45, 2.75) is 39.7 Å². The number of nitrogens with one attached hydrogen (secondary N) is 1. The number of aliphatic imine (C=N–C) groups is 1. The Morgan fingerprint density at radius 1 is 1.11 bits per heavy atom. The number of benzene rings is 2. The van der Waals surface area contributed by atoms with Crippen molar-refractivity contribution >= 4 is 34.5 Å². The summed E-state index contributed by atoms with van der Waals surface area (Å²) >= 11 is 1.45. The molecule has 2 heterocycles. The molecule has 0 aliphatic carbocycles. The van der Waals surface area contributed by atoms with Gasteiger partial charge in [-0.1, -0.05) is 36.9 Å². The van der Waals surface area contributed by atoms with Crippen LogP contribution >= 0.6 is 11.8 Å². The van der Waals surface area contributed by atoms with Gasteiger partial charge in [0.05, 0.1) is 38.0 Å². The maximum atomic E-state index is 13.0. The highest BCUT2D eigenvalue weighted by Crippen LogP contribution is 2.45. The topological polar surface area (TPSA) is 80.2 Å². The van der Waals surface area contributed by atoms with Gasteiger partial charge in [0.2, 0.25) is 5.91 Å². The van der Waals surface area contributed by atoms with Crippen molar-refractivity contribution < 1.29 is 19.1 Å². The third kappa shape index (κ3) is 4.98. The summed E-state index contributed by atoms with van der Waals surface area (Å²) in [7, 11) is 2.98. The largest absolute Gasteiger partial charge is 0.497 e. The lowest BCUT2D eigenvalue weighted by Crippen LogP contribution is -2.37. The van der Waals surface area contributed by atoms with Gasteiger partial charge < -0.3 is 19.7 Å². The van der Waals surface area contributed by atoms with Crippen LogP contribution in [-0.2, 0) is 14.3 Å². The number of amides is 1. The smallest absolute Gasteiger partial charge is 0.338 e. The van der Waals surface area contributed by atoms with Crippen LogP contribution in [-0.4, -0.2) is 36.2 Å². The van der Waals surface area contributed by atoms with E-state index >= 15 is 0 Å². The van der Waals surface area contributed by atoms with Crippen molar-refractivity contribution in [1.82, 2.24) is 4.90 Å². The number of ether oxygens (including phenoxy) is 2. The highest BCUT2D eigenvalue weighted by Gasteiger charge is 2.41. The zero-order valence-electron chi connectivity index (χ0n) is 20.5. The number of nitrogens with zero attached hydrogens (tertiary/aromatic N) is 2. The Hall–Kier alpha value is -3.52. The highest BCUT2D eigenvalue weighted by molar-refractivity contribution is 8.16. The second-order valence-electron chi connectivity index (χ2n) is 8.40. The van der Waals surface area contributed by atoms with Crippen LogP contribution in [0.5, 0.6) is 5.75 Å². The molecule has 0 spiro atoms. The first-order valence-corrected chi connectivity index (χ1v) is 12.3. The molecule has 2 aliphatic rings. The fourth-order valence-electron chi connectivity index (χ4n) is 4.23. The number of fused-ring (bicyclic) bond motifs is 1. The number of thioether (sulfide) groups is 1. The predicted molar refractivity (Wildman–Crippen MR) is 139 cm³/mol. The van der Waals surface area contributed by atoms with Crippen LogP contribution < -0.4 is 10.1 Å². The first-order chi connectivity index (χ1) is 16.9. The van der Waals surface area contributed by atoms with E-state index in [2.05, 4.69) is 5.32 Å². The standard InChI is InChI=1S/C27H29N3O4S/c1-6-22-24(26(32)34-5)25(18-8-7-9-21(13-18)33-4)30-20(15-35-27(30)29-22)14-23(31)28-19-11-10-16(2)17(3)12-19/h7-13,15,25H,6,14H2,1-5H3,(H,28,31)/t25-/m0/s1. The van der Waals surface area contributed by atoms with Gasteiger partial charge in [0.15, 0.2) is 5.17 Å². The SMILES string of the molecule is CCC1=C(C(=O)OC)[C@H](c2cccc(OC)c2)N2C(CC(=O)Nc3ccc(C)c(C)c3)=CSC2=N1. The molecule has 2 aromatic rings. The number of hydrogen-bond acceptors (Lipinski definition) is 7. The molecule has 4 rings (SSSR count). The molecule has 1 atom stereocenters. The average molecular weight is 492 g/mol. The van der Waals surface area contributed by atoms with Gasteiger partial charge in [0.25, 0.3) is 0 Å². The first kappa shape index (κ1) is 24.6. The normalized spacial score (nSPS) is 16.9. The number of amidine groups is 1. The van der Waals surface area contributed by atoms with Gasteiger partial charge in [-0.25, -0.2) is 9.79 Å². The van der Waals surface area contributed by atoms with E-state index < -0.39 is 12.0 Å². The summed E-state index contributed by atoms with van der Waals surface area (Å²) in [6.07, 6.45) is 0.709. The number of carbonyl (C=O) groups is 2. The summed E-state index contributed by atoms with van der Waals surface area (Å²) in [4.78, 5) is 32.7. The molecule has 2 aromatic carbocycles. The lowest BCUT2D eigenvalue weighted by molar-refractivity contribution is -0.136. The lowest BCUT2D eigenvalue weighted by Gasteiger charge is -2.36. The van der Waals surface area contributed by atoms with Gasteiger partial charge in [-0.15, -0.1) is 0 Å². The fourth-order valence-corrected chi connectivity index (χ4v) is 5.17. The van der Waals surface area contributed by atoms with Crippen LogP contribution in [0, 0.1) is 13.8 Å². The van der Waals surface area contributed by atoms with Gasteiger partial charge in [-0.3, -0.25) is 4.79 Å². The molecule has 0 aromatic heterocycles. The summed E-state index contributed by atoms with van der Waals surface area (Å²) < 4.78 is 10.6. The summed E-state index contributed by atoms with van der Waals surface area (Å²) in [5.74, 6) is 0.0997. The second kappa shape index (κ2) is 10.4. The Morgan fingerprint density at radius 2 is 1.91 bits per heavy atom. The number of aryl methyl sites for hydroxylation is 2. The Balaban J connectivity index is 1.69. The Labute approximate surface area is 209 Å². The number of hydrogen-bond donors (Lipinski definition) is 1. The van der Waals surface area contributed by atoms with Crippen molar-refractivity contribution in [1.29, 1.82) is 0 Å². The molecule has 0 fully saturated rings. The van der Waals surface area contributed by atoms with Gasteiger partial charge in [-0.2, -0.15) is 0 Å². The van der Waals surface area contributed by atoms with E-state index in [4.69, 9.17) is 14.5 Å². The maximum Gasteiger partial charge on any atom is 0.338 e. The molecule has 2 aliphatic heterocycles. The Bertz CT molecular complexity index is 1260. The second-order valence-corrected chi connectivity index (χ2v) is 9.24. The number of carbonyl (C=O) groups excluding carboxylic acids is 2. The zero-order chi connectivity index (χ0) is 25.1. The number of allylic oxidation sites excluding steroid dienone is 1. The van der Waals surface area contributed by atoms with E-state index in [9.17, 15) is 9.59 Å². The first-order valence-electron chi connectivity index (χ1n) is 11.4. The molecule has 0 bridgehead atoms. The molecule has 1 amide bonds. The van der Waals surface area contributed by atoms with Crippen LogP contribution in [0.4, 0.5) is 5.69 Å². The molecular weight excluding hydrogens is 462 g/mol. The maximum absolute atomic E-state index is 13.0. The minimum atomic E-state index is -0.490. The molecule has 0 saturated heterocycles. The molecule has 7 nitrogen and oxygen atoms in total. The zero-order valence-corrected chi connectivity index (χ0v) is 21.4. The van der Waals surface area contributed by atoms with Crippen molar-refractivity contribution in [3.05, 3.63) is 81.5 Å². The molecule has 35 heavy (non-hydrogen) atoms. The third-order valence-electron chi connectivity index (χ3n) is 6.17. The van der Waals surface area contributed by atoms with E-state index in [-0.39, 0.29) is 12.3 Å². The molecule has 182 valence electrons. The molecule has 0 unspecified atom stereocenters. The molecule has 1 N–H and O–H groups in total. The van der Waals surface area contributed by atoms with E-state index in [0.29, 0.717) is 23.4 Å². The summed E-state index contributed by atoms with van der Waals surface area (Å²) in [5, 5.41) is 5.65. The Morgan fingerprint density at radius 3 is 2.60 bits per heavy atom. The van der Waals surface area contributed by atoms with E-state index in [0.717, 1.165) is 27.7 Å². The van der Waals surface area contributed by atoms with Crippen molar-refractivity contribution in [2.75, 3.05) is 19.5 Å². The van der Waals surface area contributed by atoms with Crippen molar-refractivity contribution in [3.63, 3.8) is 0 Å². The van der Waals surface area contributed by atoms with E-state index in [1.807, 2.05) is 73.5 Å². The van der Waals surface area contributed by atoms with Gasteiger partial charge in [0, 0.05) is 11.4 Å². The minimum absolute atomic E-state index is 0.134.